The summed E-state index contributed by atoms with van der Waals surface area (Å²) in [4.78, 5) is 0. The Morgan fingerprint density at radius 1 is 1.37 bits per heavy atom. The molecule has 0 aliphatic carbocycles. The monoisotopic (exact) mass is 335 g/mol. The van der Waals surface area contributed by atoms with Crippen LogP contribution in [-0.2, 0) is 4.74 Å². The molecule has 0 bridgehead atoms. The summed E-state index contributed by atoms with van der Waals surface area (Å²) >= 11 is 3.10. The highest BCUT2D eigenvalue weighted by molar-refractivity contribution is 9.10. The normalized spacial score (nSPS) is 14.4. The van der Waals surface area contributed by atoms with Crippen molar-refractivity contribution in [3.8, 4) is 0 Å². The third-order valence-corrected chi connectivity index (χ3v) is 3.65. The highest BCUT2D eigenvalue weighted by Gasteiger charge is 2.23. The van der Waals surface area contributed by atoms with E-state index in [0.29, 0.717) is 13.0 Å². The zero-order chi connectivity index (χ0) is 14.4. The summed E-state index contributed by atoms with van der Waals surface area (Å²) in [5, 5.41) is 3.18. The number of hydrogen-bond donors (Lipinski definition) is 1. The van der Waals surface area contributed by atoms with Crippen molar-refractivity contribution in [1.29, 1.82) is 0 Å². The van der Waals surface area contributed by atoms with Gasteiger partial charge >= 0.3 is 0 Å². The van der Waals surface area contributed by atoms with Gasteiger partial charge in [0.1, 0.15) is 11.6 Å². The summed E-state index contributed by atoms with van der Waals surface area (Å²) in [6.07, 6.45) is 1.34. The Morgan fingerprint density at radius 2 is 2.05 bits per heavy atom. The molecular weight excluding hydrogens is 316 g/mol. The van der Waals surface area contributed by atoms with Gasteiger partial charge in [-0.05, 0) is 54.4 Å². The molecule has 0 aromatic heterocycles. The molecule has 0 aliphatic heterocycles. The van der Waals surface area contributed by atoms with E-state index in [9.17, 15) is 8.78 Å². The van der Waals surface area contributed by atoms with E-state index in [1.54, 1.807) is 7.11 Å². The number of hydrogen-bond acceptors (Lipinski definition) is 2. The molecular formula is C14H20BrF2NO. The molecule has 0 saturated carbocycles. The van der Waals surface area contributed by atoms with Gasteiger partial charge in [-0.25, -0.2) is 8.78 Å². The van der Waals surface area contributed by atoms with Gasteiger partial charge < -0.3 is 10.1 Å². The van der Waals surface area contributed by atoms with E-state index < -0.39 is 17.7 Å². The maximum atomic E-state index is 14.1. The van der Waals surface area contributed by atoms with Gasteiger partial charge in [-0.2, -0.15) is 0 Å². The number of rotatable bonds is 7. The van der Waals surface area contributed by atoms with Crippen LogP contribution in [0.5, 0.6) is 0 Å². The molecule has 2 unspecified atom stereocenters. The lowest BCUT2D eigenvalue weighted by atomic mass is 9.99. The van der Waals surface area contributed by atoms with Crippen LogP contribution < -0.4 is 5.32 Å². The number of ether oxygens (including phenoxy) is 1. The zero-order valence-corrected chi connectivity index (χ0v) is 13.1. The van der Waals surface area contributed by atoms with Gasteiger partial charge in [0, 0.05) is 18.7 Å². The van der Waals surface area contributed by atoms with E-state index in [2.05, 4.69) is 21.2 Å². The van der Waals surface area contributed by atoms with Crippen LogP contribution >= 0.6 is 15.9 Å². The van der Waals surface area contributed by atoms with Gasteiger partial charge in [0.25, 0.3) is 0 Å². The molecule has 0 radical (unpaired) electrons. The number of nitrogens with one attached hydrogen (secondary N) is 1. The van der Waals surface area contributed by atoms with Crippen molar-refractivity contribution < 1.29 is 13.5 Å². The fourth-order valence-corrected chi connectivity index (χ4v) is 2.26. The van der Waals surface area contributed by atoms with Crippen molar-refractivity contribution in [3.05, 3.63) is 33.8 Å². The Bertz CT molecular complexity index is 415. The first-order valence-corrected chi connectivity index (χ1v) is 7.20. The molecule has 19 heavy (non-hydrogen) atoms. The van der Waals surface area contributed by atoms with Gasteiger partial charge in [0.05, 0.1) is 10.6 Å². The maximum absolute atomic E-state index is 14.1. The molecule has 2 atom stereocenters. The van der Waals surface area contributed by atoms with E-state index in [1.807, 2.05) is 13.8 Å². The predicted octanol–water partition coefficient (Wildman–Crippen LogP) is 4.19. The average Bonchev–Trinajstić information content (AvgIpc) is 2.40. The summed E-state index contributed by atoms with van der Waals surface area (Å²) in [6, 6.07) is 2.26. The highest BCUT2D eigenvalue weighted by atomic mass is 79.9. The molecule has 1 rings (SSSR count). The summed E-state index contributed by atoms with van der Waals surface area (Å²) in [6.45, 7) is 4.60. The first-order chi connectivity index (χ1) is 9.01. The van der Waals surface area contributed by atoms with Gasteiger partial charge in [-0.1, -0.05) is 6.92 Å². The van der Waals surface area contributed by atoms with Crippen LogP contribution in [0.25, 0.3) is 0 Å². The first kappa shape index (κ1) is 16.5. The smallest absolute Gasteiger partial charge is 0.145 e. The third kappa shape index (κ3) is 4.51. The molecule has 1 aromatic carbocycles. The minimum atomic E-state index is -0.545. The standard InChI is InChI=1S/C14H20BrF2NO/c1-4-7-18-12(8-9(2)19-3)13-11(16)6-5-10(15)14(13)17/h5-6,9,12,18H,4,7-8H2,1-3H3. The van der Waals surface area contributed by atoms with Crippen molar-refractivity contribution in [3.63, 3.8) is 0 Å². The Labute approximate surface area is 121 Å². The van der Waals surface area contributed by atoms with Crippen LogP contribution in [0.1, 0.15) is 38.3 Å². The Hall–Kier alpha value is -0.520. The summed E-state index contributed by atoms with van der Waals surface area (Å²) in [7, 11) is 1.59. The second kappa shape index (κ2) is 7.92. The van der Waals surface area contributed by atoms with E-state index in [1.165, 1.54) is 12.1 Å². The van der Waals surface area contributed by atoms with Crippen LogP contribution in [0.4, 0.5) is 8.78 Å². The van der Waals surface area contributed by atoms with Crippen LogP contribution in [0.2, 0.25) is 0 Å². The first-order valence-electron chi connectivity index (χ1n) is 6.40. The highest BCUT2D eigenvalue weighted by Crippen LogP contribution is 2.29. The number of benzene rings is 1. The fourth-order valence-electron chi connectivity index (χ4n) is 1.91. The maximum Gasteiger partial charge on any atom is 0.145 e. The Balaban J connectivity index is 3.05. The third-order valence-electron chi connectivity index (χ3n) is 3.04. The van der Waals surface area contributed by atoms with Crippen LogP contribution in [0.15, 0.2) is 16.6 Å². The van der Waals surface area contributed by atoms with Crippen LogP contribution in [-0.4, -0.2) is 19.8 Å². The van der Waals surface area contributed by atoms with Gasteiger partial charge in [0.2, 0.25) is 0 Å². The van der Waals surface area contributed by atoms with Crippen molar-refractivity contribution >= 4 is 15.9 Å². The van der Waals surface area contributed by atoms with E-state index in [0.717, 1.165) is 6.42 Å². The minimum Gasteiger partial charge on any atom is -0.382 e. The predicted molar refractivity (Wildman–Crippen MR) is 76.2 cm³/mol. The molecule has 0 amide bonds. The van der Waals surface area contributed by atoms with Gasteiger partial charge in [-0.3, -0.25) is 0 Å². The van der Waals surface area contributed by atoms with Gasteiger partial charge in [-0.15, -0.1) is 0 Å². The molecule has 0 heterocycles. The van der Waals surface area contributed by atoms with Crippen LogP contribution in [0, 0.1) is 11.6 Å². The summed E-state index contributed by atoms with van der Waals surface area (Å²) in [5.41, 5.74) is 0.0757. The molecule has 0 spiro atoms. The molecule has 5 heteroatoms. The largest absolute Gasteiger partial charge is 0.382 e. The van der Waals surface area contributed by atoms with Gasteiger partial charge in [0.15, 0.2) is 0 Å². The molecule has 0 saturated heterocycles. The molecule has 0 aliphatic rings. The topological polar surface area (TPSA) is 21.3 Å². The summed E-state index contributed by atoms with van der Waals surface area (Å²) < 4.78 is 33.5. The lowest BCUT2D eigenvalue weighted by molar-refractivity contribution is 0.0995. The SMILES string of the molecule is CCCNC(CC(C)OC)c1c(F)ccc(Br)c1F. The number of methoxy groups -OCH3 is 1. The van der Waals surface area contributed by atoms with Crippen molar-refractivity contribution in [2.45, 2.75) is 38.8 Å². The Morgan fingerprint density at radius 3 is 2.63 bits per heavy atom. The van der Waals surface area contributed by atoms with Crippen molar-refractivity contribution in [2.24, 2.45) is 0 Å². The lowest BCUT2D eigenvalue weighted by Gasteiger charge is -2.23. The molecule has 1 N–H and O–H groups in total. The van der Waals surface area contributed by atoms with Crippen LogP contribution in [0.3, 0.4) is 0 Å². The molecule has 1 aromatic rings. The average molecular weight is 336 g/mol. The quantitative estimate of drug-likeness (QED) is 0.754. The van der Waals surface area contributed by atoms with E-state index in [-0.39, 0.29) is 16.1 Å². The van der Waals surface area contributed by atoms with E-state index >= 15 is 0 Å². The lowest BCUT2D eigenvalue weighted by Crippen LogP contribution is -2.27. The number of halogens is 3. The second-order valence-electron chi connectivity index (χ2n) is 4.55. The fraction of sp³-hybridized carbons (Fsp3) is 0.571. The molecule has 2 nitrogen and oxygen atoms in total. The zero-order valence-electron chi connectivity index (χ0n) is 11.5. The van der Waals surface area contributed by atoms with E-state index in [4.69, 9.17) is 4.74 Å². The van der Waals surface area contributed by atoms with Crippen molar-refractivity contribution in [1.82, 2.24) is 5.32 Å². The summed E-state index contributed by atoms with van der Waals surface area (Å²) in [5.74, 6) is -1.07. The molecule has 108 valence electrons. The molecule has 0 fully saturated rings. The minimum absolute atomic E-state index is 0.0757. The van der Waals surface area contributed by atoms with Crippen molar-refractivity contribution in [2.75, 3.05) is 13.7 Å². The Kier molecular flexibility index (Phi) is 6.89. The second-order valence-corrected chi connectivity index (χ2v) is 5.40.